The van der Waals surface area contributed by atoms with E-state index in [2.05, 4.69) is 17.2 Å². The number of urea groups is 1. The third-order valence-electron chi connectivity index (χ3n) is 0.528. The van der Waals surface area contributed by atoms with Crippen molar-refractivity contribution in [1.82, 2.24) is 5.32 Å². The van der Waals surface area contributed by atoms with Gasteiger partial charge < -0.3 is 11.1 Å². The molecule has 0 aliphatic heterocycles. The number of amides is 2. The minimum atomic E-state index is -0.534. The molecule has 0 aromatic heterocycles. The van der Waals surface area contributed by atoms with Crippen LogP contribution in [0.1, 0.15) is 6.92 Å². The van der Waals surface area contributed by atoms with Gasteiger partial charge in [0, 0.05) is 0 Å². The number of carbonyl (C=O) groups is 1. The molecule has 3 heteroatoms. The lowest BCUT2D eigenvalue weighted by molar-refractivity contribution is 0.250. The van der Waals surface area contributed by atoms with Gasteiger partial charge in [-0.05, 0) is 6.92 Å². The normalized spacial score (nSPS) is 6.62. The molecule has 0 saturated carbocycles. The van der Waals surface area contributed by atoms with Gasteiger partial charge in [0.15, 0.2) is 0 Å². The smallest absolute Gasteiger partial charge is 0.312 e. The maximum absolute atomic E-state index is 9.92. The lowest BCUT2D eigenvalue weighted by atomic mass is 10.6. The Bertz CT molecular complexity index is 131. The lowest BCUT2D eigenvalue weighted by Gasteiger charge is -1.89. The number of hydrogen-bond acceptors (Lipinski definition) is 1. The highest BCUT2D eigenvalue weighted by Crippen LogP contribution is 1.54. The van der Waals surface area contributed by atoms with E-state index in [1.165, 1.54) is 0 Å². The van der Waals surface area contributed by atoms with Crippen molar-refractivity contribution in [3.8, 4) is 11.8 Å². The quantitative estimate of drug-likeness (QED) is 0.449. The average molecular weight is 112 g/mol. The van der Waals surface area contributed by atoms with Crippen molar-refractivity contribution >= 4 is 6.03 Å². The fraction of sp³-hybridized carbons (Fsp3) is 0.400. The summed E-state index contributed by atoms with van der Waals surface area (Å²) in [5, 5.41) is 2.31. The van der Waals surface area contributed by atoms with Crippen LogP contribution in [0.3, 0.4) is 0 Å². The molecule has 0 unspecified atom stereocenters. The van der Waals surface area contributed by atoms with E-state index >= 15 is 0 Å². The highest BCUT2D eigenvalue weighted by atomic mass is 16.2. The number of rotatable bonds is 1. The Kier molecular flexibility index (Phi) is 3.42. The van der Waals surface area contributed by atoms with Crippen LogP contribution in [0.15, 0.2) is 0 Å². The predicted octanol–water partition coefficient (Wildman–Crippen LogP) is -0.322. The van der Waals surface area contributed by atoms with Gasteiger partial charge in [-0.15, -0.1) is 5.92 Å². The van der Waals surface area contributed by atoms with Crippen LogP contribution < -0.4 is 11.1 Å². The lowest BCUT2D eigenvalue weighted by Crippen LogP contribution is -2.29. The molecule has 0 saturated heterocycles. The minimum Gasteiger partial charge on any atom is -0.352 e. The van der Waals surface area contributed by atoms with E-state index in [9.17, 15) is 4.79 Å². The summed E-state index contributed by atoms with van der Waals surface area (Å²) in [4.78, 5) is 9.92. The van der Waals surface area contributed by atoms with E-state index in [4.69, 9.17) is 5.73 Å². The van der Waals surface area contributed by atoms with E-state index in [-0.39, 0.29) is 0 Å². The first-order chi connectivity index (χ1) is 3.77. The first kappa shape index (κ1) is 6.83. The number of primary amides is 1. The van der Waals surface area contributed by atoms with Crippen LogP contribution in [-0.2, 0) is 0 Å². The molecule has 8 heavy (non-hydrogen) atoms. The van der Waals surface area contributed by atoms with Crippen LogP contribution in [0.5, 0.6) is 0 Å². The van der Waals surface area contributed by atoms with Crippen LogP contribution in [0, 0.1) is 11.8 Å². The number of hydrogen-bond donors (Lipinski definition) is 2. The third-order valence-corrected chi connectivity index (χ3v) is 0.528. The van der Waals surface area contributed by atoms with E-state index in [0.717, 1.165) is 0 Å². The van der Waals surface area contributed by atoms with Gasteiger partial charge in [-0.25, -0.2) is 4.79 Å². The summed E-state index contributed by atoms with van der Waals surface area (Å²) in [6.07, 6.45) is 0. The SMILES string of the molecule is CC#CCNC(N)=O. The van der Waals surface area contributed by atoms with Gasteiger partial charge in [-0.3, -0.25) is 0 Å². The molecule has 0 bridgehead atoms. The summed E-state index contributed by atoms with van der Waals surface area (Å²) in [5.74, 6) is 5.22. The molecule has 44 valence electrons. The number of nitrogens with two attached hydrogens (primary N) is 1. The maximum atomic E-state index is 9.92. The van der Waals surface area contributed by atoms with Crippen molar-refractivity contribution in [3.05, 3.63) is 0 Å². The molecule has 0 aromatic carbocycles. The van der Waals surface area contributed by atoms with E-state index in [1.54, 1.807) is 6.92 Å². The molecule has 0 spiro atoms. The van der Waals surface area contributed by atoms with Crippen LogP contribution in [0.2, 0.25) is 0 Å². The molecule has 0 aliphatic rings. The first-order valence-electron chi connectivity index (χ1n) is 2.20. The van der Waals surface area contributed by atoms with Crippen LogP contribution in [0.4, 0.5) is 4.79 Å². The summed E-state index contributed by atoms with van der Waals surface area (Å²) in [6.45, 7) is 2.04. The maximum Gasteiger partial charge on any atom is 0.312 e. The predicted molar refractivity (Wildman–Crippen MR) is 31.0 cm³/mol. The molecule has 0 aliphatic carbocycles. The molecular weight excluding hydrogens is 104 g/mol. The Morgan fingerprint density at radius 1 is 1.88 bits per heavy atom. The molecule has 3 N–H and O–H groups in total. The molecule has 3 nitrogen and oxygen atoms in total. The second-order valence-corrected chi connectivity index (χ2v) is 1.14. The molecule has 0 fully saturated rings. The van der Waals surface area contributed by atoms with Crippen molar-refractivity contribution in [3.63, 3.8) is 0 Å². The van der Waals surface area contributed by atoms with E-state index < -0.39 is 6.03 Å². The van der Waals surface area contributed by atoms with Gasteiger partial charge in [-0.2, -0.15) is 0 Å². The fourth-order valence-electron chi connectivity index (χ4n) is 0.220. The topological polar surface area (TPSA) is 55.1 Å². The van der Waals surface area contributed by atoms with Crippen LogP contribution in [-0.4, -0.2) is 12.6 Å². The zero-order chi connectivity index (χ0) is 6.41. The highest BCUT2D eigenvalue weighted by molar-refractivity contribution is 5.71. The van der Waals surface area contributed by atoms with Gasteiger partial charge in [0.25, 0.3) is 0 Å². The summed E-state index contributed by atoms with van der Waals surface area (Å²) < 4.78 is 0. The van der Waals surface area contributed by atoms with Crippen molar-refractivity contribution in [2.24, 2.45) is 5.73 Å². The zero-order valence-corrected chi connectivity index (χ0v) is 4.69. The van der Waals surface area contributed by atoms with Gasteiger partial charge in [0.05, 0.1) is 6.54 Å². The monoisotopic (exact) mass is 112 g/mol. The van der Waals surface area contributed by atoms with Gasteiger partial charge in [0.1, 0.15) is 0 Å². The Hall–Kier alpha value is -1.17. The van der Waals surface area contributed by atoms with Crippen molar-refractivity contribution in [1.29, 1.82) is 0 Å². The fourth-order valence-corrected chi connectivity index (χ4v) is 0.220. The zero-order valence-electron chi connectivity index (χ0n) is 4.69. The second kappa shape index (κ2) is 4.00. The molecular formula is C5H8N2O. The standard InChI is InChI=1S/C5H8N2O/c1-2-3-4-7-5(6)8/h4H2,1H3,(H3,6,7,8). The Labute approximate surface area is 48.2 Å². The minimum absolute atomic E-state index is 0.339. The van der Waals surface area contributed by atoms with Crippen molar-refractivity contribution < 1.29 is 4.79 Å². The Morgan fingerprint density at radius 2 is 2.50 bits per heavy atom. The highest BCUT2D eigenvalue weighted by Gasteiger charge is 1.82. The average Bonchev–Trinajstić information content (AvgIpc) is 1.66. The summed E-state index contributed by atoms with van der Waals surface area (Å²) >= 11 is 0. The van der Waals surface area contributed by atoms with Gasteiger partial charge >= 0.3 is 6.03 Å². The molecule has 0 rings (SSSR count). The van der Waals surface area contributed by atoms with Gasteiger partial charge in [0.2, 0.25) is 0 Å². The van der Waals surface area contributed by atoms with E-state index in [1.807, 2.05) is 0 Å². The van der Waals surface area contributed by atoms with Crippen molar-refractivity contribution in [2.45, 2.75) is 6.92 Å². The summed E-state index contributed by atoms with van der Waals surface area (Å²) in [7, 11) is 0. The third kappa shape index (κ3) is 4.83. The van der Waals surface area contributed by atoms with E-state index in [0.29, 0.717) is 6.54 Å². The number of carbonyl (C=O) groups excluding carboxylic acids is 1. The van der Waals surface area contributed by atoms with Crippen LogP contribution >= 0.6 is 0 Å². The molecule has 0 heterocycles. The largest absolute Gasteiger partial charge is 0.352 e. The second-order valence-electron chi connectivity index (χ2n) is 1.14. The van der Waals surface area contributed by atoms with Crippen LogP contribution in [0.25, 0.3) is 0 Å². The Balaban J connectivity index is 3.14. The Morgan fingerprint density at radius 3 is 2.88 bits per heavy atom. The van der Waals surface area contributed by atoms with Crippen molar-refractivity contribution in [2.75, 3.05) is 6.54 Å². The summed E-state index contributed by atoms with van der Waals surface area (Å²) in [5.41, 5.74) is 4.72. The molecule has 2 amide bonds. The van der Waals surface area contributed by atoms with Gasteiger partial charge in [-0.1, -0.05) is 5.92 Å². The summed E-state index contributed by atoms with van der Waals surface area (Å²) in [6, 6.07) is -0.534. The molecule has 0 radical (unpaired) electrons. The molecule has 0 atom stereocenters. The first-order valence-corrected chi connectivity index (χ1v) is 2.20. The molecule has 0 aromatic rings. The number of nitrogens with one attached hydrogen (secondary N) is 1.